The van der Waals surface area contributed by atoms with Crippen LogP contribution in [0, 0.1) is 0 Å². The molecule has 1 aliphatic heterocycles. The average molecular weight is 275 g/mol. The molecule has 0 saturated carbocycles. The molecule has 1 aromatic rings. The van der Waals surface area contributed by atoms with Gasteiger partial charge in [-0.25, -0.2) is 0 Å². The smallest absolute Gasteiger partial charge is 0.0596 e. The highest BCUT2D eigenvalue weighted by atomic mass is 79.9. The number of rotatable bonds is 0. The van der Waals surface area contributed by atoms with E-state index in [1.807, 2.05) is 6.07 Å². The molecule has 0 bridgehead atoms. The number of fused-ring (bicyclic) bond motifs is 1. The van der Waals surface area contributed by atoms with Crippen molar-refractivity contribution < 1.29 is 0 Å². The molecular formula is C11H13BrClN. The summed E-state index contributed by atoms with van der Waals surface area (Å²) in [6.07, 6.45) is 1.16. The number of anilines is 1. The third-order valence-electron chi connectivity index (χ3n) is 2.88. The minimum Gasteiger partial charge on any atom is -0.384 e. The van der Waals surface area contributed by atoms with E-state index in [2.05, 4.69) is 41.2 Å². The number of nitrogens with one attached hydrogen (secondary N) is 1. The quantitative estimate of drug-likeness (QED) is 0.748. The van der Waals surface area contributed by atoms with Crippen molar-refractivity contribution in [1.82, 2.24) is 0 Å². The first-order valence-corrected chi connectivity index (χ1v) is 5.92. The first-order chi connectivity index (χ1) is 6.52. The Labute approximate surface area is 98.0 Å². The van der Waals surface area contributed by atoms with Crippen LogP contribution in [0.1, 0.15) is 25.8 Å². The van der Waals surface area contributed by atoms with E-state index >= 15 is 0 Å². The largest absolute Gasteiger partial charge is 0.384 e. The zero-order valence-electron chi connectivity index (χ0n) is 8.32. The molecule has 1 aromatic carbocycles. The van der Waals surface area contributed by atoms with Crippen LogP contribution in [-0.4, -0.2) is 6.54 Å². The number of hydrogen-bond acceptors (Lipinski definition) is 1. The minimum absolute atomic E-state index is 0.244. The Morgan fingerprint density at radius 1 is 1.43 bits per heavy atom. The van der Waals surface area contributed by atoms with Crippen LogP contribution in [-0.2, 0) is 5.41 Å². The van der Waals surface area contributed by atoms with Gasteiger partial charge in [0.15, 0.2) is 0 Å². The summed E-state index contributed by atoms with van der Waals surface area (Å²) in [6.45, 7) is 5.55. The molecule has 0 aliphatic carbocycles. The summed E-state index contributed by atoms with van der Waals surface area (Å²) in [4.78, 5) is 0. The van der Waals surface area contributed by atoms with Crippen LogP contribution >= 0.6 is 27.5 Å². The van der Waals surface area contributed by atoms with Crippen molar-refractivity contribution in [1.29, 1.82) is 0 Å². The van der Waals surface area contributed by atoms with E-state index in [0.717, 1.165) is 28.1 Å². The molecule has 3 heteroatoms. The van der Waals surface area contributed by atoms with Crippen LogP contribution < -0.4 is 5.32 Å². The van der Waals surface area contributed by atoms with Gasteiger partial charge in [0, 0.05) is 6.54 Å². The van der Waals surface area contributed by atoms with Crippen molar-refractivity contribution in [3.8, 4) is 0 Å². The summed E-state index contributed by atoms with van der Waals surface area (Å²) in [5.41, 5.74) is 2.75. The van der Waals surface area contributed by atoms with Gasteiger partial charge in [0.25, 0.3) is 0 Å². The van der Waals surface area contributed by atoms with Gasteiger partial charge in [-0.1, -0.05) is 31.5 Å². The summed E-state index contributed by atoms with van der Waals surface area (Å²) in [5.74, 6) is 0. The van der Waals surface area contributed by atoms with Gasteiger partial charge in [-0.2, -0.15) is 0 Å². The Balaban J connectivity index is 2.62. The molecule has 0 spiro atoms. The lowest BCUT2D eigenvalue weighted by atomic mass is 9.78. The predicted octanol–water partition coefficient (Wildman–Crippen LogP) is 4.20. The van der Waals surface area contributed by atoms with Crippen LogP contribution in [0.25, 0.3) is 0 Å². The van der Waals surface area contributed by atoms with E-state index in [1.54, 1.807) is 0 Å². The Hall–Kier alpha value is -0.210. The van der Waals surface area contributed by atoms with Gasteiger partial charge in [-0.15, -0.1) is 0 Å². The topological polar surface area (TPSA) is 12.0 Å². The Morgan fingerprint density at radius 3 is 2.86 bits per heavy atom. The first kappa shape index (κ1) is 10.3. The van der Waals surface area contributed by atoms with Crippen LogP contribution in [0.2, 0.25) is 5.02 Å². The fraction of sp³-hybridized carbons (Fsp3) is 0.455. The van der Waals surface area contributed by atoms with E-state index in [-0.39, 0.29) is 5.41 Å². The predicted molar refractivity (Wildman–Crippen MR) is 65.3 cm³/mol. The monoisotopic (exact) mass is 273 g/mol. The molecule has 2 rings (SSSR count). The lowest BCUT2D eigenvalue weighted by Crippen LogP contribution is -2.28. The minimum atomic E-state index is 0.244. The lowest BCUT2D eigenvalue weighted by molar-refractivity contribution is 0.481. The molecule has 1 nitrogen and oxygen atoms in total. The molecule has 1 N–H and O–H groups in total. The molecule has 1 heterocycles. The molecule has 0 radical (unpaired) electrons. The van der Waals surface area contributed by atoms with Crippen molar-refractivity contribution in [2.45, 2.75) is 25.7 Å². The molecule has 0 atom stereocenters. The Morgan fingerprint density at radius 2 is 2.14 bits per heavy atom. The fourth-order valence-corrected chi connectivity index (χ4v) is 2.57. The van der Waals surface area contributed by atoms with Gasteiger partial charge < -0.3 is 5.32 Å². The van der Waals surface area contributed by atoms with E-state index in [1.165, 1.54) is 5.56 Å². The van der Waals surface area contributed by atoms with Gasteiger partial charge in [0.05, 0.1) is 15.2 Å². The van der Waals surface area contributed by atoms with Crippen LogP contribution in [0.3, 0.4) is 0 Å². The lowest BCUT2D eigenvalue weighted by Gasteiger charge is -2.34. The number of halogens is 2. The second-order valence-corrected chi connectivity index (χ2v) is 5.54. The van der Waals surface area contributed by atoms with Crippen molar-refractivity contribution in [3.05, 3.63) is 27.2 Å². The van der Waals surface area contributed by atoms with E-state index < -0.39 is 0 Å². The van der Waals surface area contributed by atoms with Gasteiger partial charge in [-0.05, 0) is 39.4 Å². The van der Waals surface area contributed by atoms with E-state index in [4.69, 9.17) is 11.6 Å². The molecule has 76 valence electrons. The maximum Gasteiger partial charge on any atom is 0.0596 e. The van der Waals surface area contributed by atoms with Gasteiger partial charge >= 0.3 is 0 Å². The fourth-order valence-electron chi connectivity index (χ4n) is 1.92. The Bertz CT molecular complexity index is 374. The zero-order chi connectivity index (χ0) is 10.3. The highest BCUT2D eigenvalue weighted by molar-refractivity contribution is 9.10. The van der Waals surface area contributed by atoms with Crippen LogP contribution in [0.5, 0.6) is 0 Å². The molecule has 14 heavy (non-hydrogen) atoms. The summed E-state index contributed by atoms with van der Waals surface area (Å²) < 4.78 is 0.990. The molecule has 0 aromatic heterocycles. The molecule has 0 amide bonds. The third-order valence-corrected chi connectivity index (χ3v) is 4.24. The van der Waals surface area contributed by atoms with E-state index in [0.29, 0.717) is 0 Å². The molecule has 1 aliphatic rings. The van der Waals surface area contributed by atoms with Crippen LogP contribution in [0.4, 0.5) is 5.69 Å². The number of benzene rings is 1. The van der Waals surface area contributed by atoms with Crippen molar-refractivity contribution >= 4 is 33.2 Å². The van der Waals surface area contributed by atoms with Crippen molar-refractivity contribution in [2.24, 2.45) is 0 Å². The van der Waals surface area contributed by atoms with Crippen molar-refractivity contribution in [3.63, 3.8) is 0 Å². The SMILES string of the molecule is CC1(C)CCNc2c1ccc(Cl)c2Br. The molecule has 0 saturated heterocycles. The van der Waals surface area contributed by atoms with E-state index in [9.17, 15) is 0 Å². The van der Waals surface area contributed by atoms with Gasteiger partial charge in [-0.3, -0.25) is 0 Å². The van der Waals surface area contributed by atoms with Gasteiger partial charge in [0.1, 0.15) is 0 Å². The highest BCUT2D eigenvalue weighted by Crippen LogP contribution is 2.42. The first-order valence-electron chi connectivity index (χ1n) is 4.75. The zero-order valence-corrected chi connectivity index (χ0v) is 10.7. The summed E-state index contributed by atoms with van der Waals surface area (Å²) in [5, 5.41) is 4.17. The van der Waals surface area contributed by atoms with Crippen molar-refractivity contribution in [2.75, 3.05) is 11.9 Å². The average Bonchev–Trinajstić information content (AvgIpc) is 2.11. The number of hydrogen-bond donors (Lipinski definition) is 1. The standard InChI is InChI=1S/C11H13BrClN/c1-11(2)5-6-14-10-7(11)3-4-8(13)9(10)12/h3-4,14H,5-6H2,1-2H3. The summed E-state index contributed by atoms with van der Waals surface area (Å²) in [6, 6.07) is 4.08. The summed E-state index contributed by atoms with van der Waals surface area (Å²) >= 11 is 9.57. The molecule has 0 unspecified atom stereocenters. The highest BCUT2D eigenvalue weighted by Gasteiger charge is 2.28. The molecule has 0 fully saturated rings. The maximum atomic E-state index is 6.05. The second kappa shape index (κ2) is 3.42. The third kappa shape index (κ3) is 1.55. The van der Waals surface area contributed by atoms with Crippen LogP contribution in [0.15, 0.2) is 16.6 Å². The molecular weight excluding hydrogens is 261 g/mol. The normalized spacial score (nSPS) is 18.6. The maximum absolute atomic E-state index is 6.05. The second-order valence-electron chi connectivity index (χ2n) is 4.34. The summed E-state index contributed by atoms with van der Waals surface area (Å²) in [7, 11) is 0. The van der Waals surface area contributed by atoms with Gasteiger partial charge in [0.2, 0.25) is 0 Å². The Kier molecular flexibility index (Phi) is 2.52.